The lowest BCUT2D eigenvalue weighted by atomic mass is 9.93. The highest BCUT2D eigenvalue weighted by Crippen LogP contribution is 2.26. The van der Waals surface area contributed by atoms with Gasteiger partial charge in [-0.2, -0.15) is 0 Å². The fraction of sp³-hybridized carbons (Fsp3) is 0.200. The summed E-state index contributed by atoms with van der Waals surface area (Å²) in [5.74, 6) is -0.482. The average Bonchev–Trinajstić information content (AvgIpc) is 2.41. The van der Waals surface area contributed by atoms with Gasteiger partial charge in [0.15, 0.2) is 0 Å². The zero-order chi connectivity index (χ0) is 13.0. The van der Waals surface area contributed by atoms with Crippen molar-refractivity contribution in [3.63, 3.8) is 0 Å². The number of hydrogen-bond donors (Lipinski definition) is 1. The Morgan fingerprint density at radius 3 is 2.44 bits per heavy atom. The quantitative estimate of drug-likeness (QED) is 0.891. The van der Waals surface area contributed by atoms with Gasteiger partial charge in [-0.05, 0) is 23.6 Å². The predicted molar refractivity (Wildman–Crippen MR) is 71.4 cm³/mol. The fourth-order valence-corrected chi connectivity index (χ4v) is 2.19. The molecule has 1 N–H and O–H groups in total. The van der Waals surface area contributed by atoms with Crippen LogP contribution in [0.15, 0.2) is 48.5 Å². The summed E-state index contributed by atoms with van der Waals surface area (Å²) in [5.41, 5.74) is 1.75. The molecule has 0 aromatic heterocycles. The molecule has 0 spiro atoms. The van der Waals surface area contributed by atoms with Crippen LogP contribution in [0, 0.1) is 5.82 Å². The maximum atomic E-state index is 13.3. The smallest absolute Gasteiger partial charge is 0.142 e. The minimum atomic E-state index is -0.418. The molecule has 94 valence electrons. The monoisotopic (exact) mass is 264 g/mol. The molecule has 2 rings (SSSR count). The van der Waals surface area contributed by atoms with E-state index in [0.717, 1.165) is 11.1 Å². The van der Waals surface area contributed by atoms with E-state index < -0.39 is 5.82 Å². The van der Waals surface area contributed by atoms with Gasteiger partial charge in [0.25, 0.3) is 0 Å². The summed E-state index contributed by atoms with van der Waals surface area (Å²) in [5, 5.41) is 9.61. The maximum Gasteiger partial charge on any atom is 0.142 e. The molecule has 0 fully saturated rings. The molecule has 18 heavy (non-hydrogen) atoms. The highest BCUT2D eigenvalue weighted by Gasteiger charge is 2.14. The van der Waals surface area contributed by atoms with Gasteiger partial charge in [0.2, 0.25) is 0 Å². The third-order valence-electron chi connectivity index (χ3n) is 2.99. The van der Waals surface area contributed by atoms with Gasteiger partial charge in [0, 0.05) is 5.92 Å². The summed E-state index contributed by atoms with van der Waals surface area (Å²) in [7, 11) is 0. The van der Waals surface area contributed by atoms with Crippen molar-refractivity contribution in [1.29, 1.82) is 0 Å². The standard InChI is InChI=1S/C15H14ClFO/c16-15-12(7-4-8-14(15)17)9-13(10-18)11-5-2-1-3-6-11/h1-8,13,18H,9-10H2. The Balaban J connectivity index is 2.24. The second-order valence-corrected chi connectivity index (χ2v) is 4.59. The van der Waals surface area contributed by atoms with E-state index >= 15 is 0 Å². The van der Waals surface area contributed by atoms with Crippen LogP contribution in [0.1, 0.15) is 17.0 Å². The van der Waals surface area contributed by atoms with Crippen LogP contribution >= 0.6 is 11.6 Å². The molecule has 0 radical (unpaired) electrons. The molecular formula is C15H14ClFO. The van der Waals surface area contributed by atoms with E-state index in [2.05, 4.69) is 0 Å². The topological polar surface area (TPSA) is 20.2 Å². The van der Waals surface area contributed by atoms with Gasteiger partial charge in [0.05, 0.1) is 11.6 Å². The molecule has 0 heterocycles. The van der Waals surface area contributed by atoms with Crippen LogP contribution in [0.25, 0.3) is 0 Å². The Labute approximate surface area is 111 Å². The van der Waals surface area contributed by atoms with Gasteiger partial charge in [-0.25, -0.2) is 4.39 Å². The normalized spacial score (nSPS) is 12.4. The van der Waals surface area contributed by atoms with Crippen LogP contribution in [-0.2, 0) is 6.42 Å². The Morgan fingerprint density at radius 1 is 1.06 bits per heavy atom. The van der Waals surface area contributed by atoms with Crippen molar-refractivity contribution in [3.8, 4) is 0 Å². The van der Waals surface area contributed by atoms with Crippen molar-refractivity contribution in [2.75, 3.05) is 6.61 Å². The van der Waals surface area contributed by atoms with Crippen LogP contribution in [0.3, 0.4) is 0 Å². The number of hydrogen-bond acceptors (Lipinski definition) is 1. The van der Waals surface area contributed by atoms with Gasteiger partial charge in [-0.1, -0.05) is 54.1 Å². The van der Waals surface area contributed by atoms with E-state index in [9.17, 15) is 9.50 Å². The lowest BCUT2D eigenvalue weighted by molar-refractivity contribution is 0.264. The summed E-state index contributed by atoms with van der Waals surface area (Å²) in [6.45, 7) is 0.0108. The Kier molecular flexibility index (Phi) is 4.34. The number of aliphatic hydroxyl groups is 1. The molecule has 1 atom stereocenters. The molecule has 2 aromatic rings. The lowest BCUT2D eigenvalue weighted by Crippen LogP contribution is -2.08. The van der Waals surface area contributed by atoms with Crippen molar-refractivity contribution < 1.29 is 9.50 Å². The first-order valence-electron chi connectivity index (χ1n) is 5.81. The summed E-state index contributed by atoms with van der Waals surface area (Å²) in [6.07, 6.45) is 0.525. The van der Waals surface area contributed by atoms with Crippen LogP contribution in [-0.4, -0.2) is 11.7 Å². The van der Waals surface area contributed by atoms with E-state index in [0.29, 0.717) is 6.42 Å². The van der Waals surface area contributed by atoms with Crippen molar-refractivity contribution >= 4 is 11.6 Å². The number of benzene rings is 2. The molecule has 0 aliphatic heterocycles. The third kappa shape index (κ3) is 2.89. The van der Waals surface area contributed by atoms with Crippen LogP contribution < -0.4 is 0 Å². The highest BCUT2D eigenvalue weighted by atomic mass is 35.5. The predicted octanol–water partition coefficient (Wildman–Crippen LogP) is 3.80. The first-order valence-corrected chi connectivity index (χ1v) is 6.19. The molecule has 0 amide bonds. The summed E-state index contributed by atoms with van der Waals surface area (Å²) in [6, 6.07) is 14.4. The first kappa shape index (κ1) is 13.1. The minimum absolute atomic E-state index is 0.0108. The molecule has 1 unspecified atom stereocenters. The van der Waals surface area contributed by atoms with Crippen molar-refractivity contribution in [3.05, 3.63) is 70.5 Å². The largest absolute Gasteiger partial charge is 0.396 e. The molecule has 1 nitrogen and oxygen atoms in total. The second-order valence-electron chi connectivity index (χ2n) is 4.21. The summed E-state index contributed by atoms with van der Waals surface area (Å²) >= 11 is 5.93. The summed E-state index contributed by atoms with van der Waals surface area (Å²) < 4.78 is 13.3. The van der Waals surface area contributed by atoms with Crippen LogP contribution in [0.2, 0.25) is 5.02 Å². The van der Waals surface area contributed by atoms with Gasteiger partial charge >= 0.3 is 0 Å². The zero-order valence-corrected chi connectivity index (χ0v) is 10.6. The lowest BCUT2D eigenvalue weighted by Gasteiger charge is -2.15. The molecule has 0 saturated carbocycles. The Hall–Kier alpha value is -1.38. The Morgan fingerprint density at radius 2 is 1.78 bits per heavy atom. The van der Waals surface area contributed by atoms with Crippen molar-refractivity contribution in [1.82, 2.24) is 0 Å². The third-order valence-corrected chi connectivity index (χ3v) is 3.41. The maximum absolute atomic E-state index is 13.3. The van der Waals surface area contributed by atoms with Crippen molar-refractivity contribution in [2.45, 2.75) is 12.3 Å². The Bertz CT molecular complexity index is 513. The van der Waals surface area contributed by atoms with Crippen LogP contribution in [0.4, 0.5) is 4.39 Å². The molecule has 0 saturated heterocycles. The average molecular weight is 265 g/mol. The molecule has 0 bridgehead atoms. The second kappa shape index (κ2) is 5.98. The fourth-order valence-electron chi connectivity index (χ4n) is 1.98. The van der Waals surface area contributed by atoms with E-state index in [4.69, 9.17) is 11.6 Å². The number of rotatable bonds is 4. The van der Waals surface area contributed by atoms with E-state index in [1.165, 1.54) is 6.07 Å². The molecular weight excluding hydrogens is 251 g/mol. The number of aliphatic hydroxyl groups excluding tert-OH is 1. The van der Waals surface area contributed by atoms with Gasteiger partial charge in [0.1, 0.15) is 5.82 Å². The van der Waals surface area contributed by atoms with Gasteiger partial charge < -0.3 is 5.11 Å². The zero-order valence-electron chi connectivity index (χ0n) is 9.81. The minimum Gasteiger partial charge on any atom is -0.396 e. The van der Waals surface area contributed by atoms with E-state index in [1.807, 2.05) is 30.3 Å². The molecule has 2 aromatic carbocycles. The van der Waals surface area contributed by atoms with E-state index in [-0.39, 0.29) is 17.5 Å². The highest BCUT2D eigenvalue weighted by molar-refractivity contribution is 6.31. The van der Waals surface area contributed by atoms with Crippen LogP contribution in [0.5, 0.6) is 0 Å². The SMILES string of the molecule is OCC(Cc1cccc(F)c1Cl)c1ccccc1. The molecule has 0 aliphatic carbocycles. The van der Waals surface area contributed by atoms with Gasteiger partial charge in [-0.15, -0.1) is 0 Å². The molecule has 0 aliphatic rings. The van der Waals surface area contributed by atoms with Crippen molar-refractivity contribution in [2.24, 2.45) is 0 Å². The summed E-state index contributed by atoms with van der Waals surface area (Å²) in [4.78, 5) is 0. The molecule has 3 heteroatoms. The first-order chi connectivity index (χ1) is 8.72. The van der Waals surface area contributed by atoms with Gasteiger partial charge in [-0.3, -0.25) is 0 Å². The van der Waals surface area contributed by atoms with E-state index in [1.54, 1.807) is 12.1 Å². The number of halogens is 2.